The van der Waals surface area contributed by atoms with Crippen LogP contribution in [0.15, 0.2) is 227 Å². The molecule has 14 aromatic rings. The molecule has 0 saturated carbocycles. The molecular weight excluding hydrogens is 901 g/mol. The first-order chi connectivity index (χ1) is 36.2. The summed E-state index contributed by atoms with van der Waals surface area (Å²) in [5.74, 6) is 0. The predicted octanol–water partition coefficient (Wildman–Crippen LogP) is 19.9. The number of fused-ring (bicyclic) bond motifs is 12. The molecule has 2 aliphatic rings. The van der Waals surface area contributed by atoms with Crippen molar-refractivity contribution in [3.8, 4) is 22.3 Å². The lowest BCUT2D eigenvalue weighted by Gasteiger charge is -2.42. The number of rotatable bonds is 4. The molecule has 4 nitrogen and oxygen atoms in total. The Hall–Kier alpha value is -9.12. The smallest absolute Gasteiger partial charge is 0.143 e. The zero-order valence-corrected chi connectivity index (χ0v) is 41.5. The van der Waals surface area contributed by atoms with E-state index in [-0.39, 0.29) is 10.8 Å². The molecule has 16 rings (SSSR count). The Morgan fingerprint density at radius 2 is 0.622 bits per heavy atom. The van der Waals surface area contributed by atoms with Crippen molar-refractivity contribution in [3.63, 3.8) is 0 Å². The van der Waals surface area contributed by atoms with Crippen molar-refractivity contribution in [1.29, 1.82) is 0 Å². The molecule has 0 atom stereocenters. The number of furan rings is 2. The lowest BCUT2D eigenvalue weighted by atomic mass is 9.73. The third-order valence-electron chi connectivity index (χ3n) is 17.0. The molecule has 0 saturated heterocycles. The molecule has 4 heterocycles. The van der Waals surface area contributed by atoms with E-state index in [1.165, 1.54) is 66.5 Å². The standard InChI is InChI=1S/C70H48N2O2/c1-69(2)55-19-7-11-23-59(55)71(60-24-12-8-20-56(60)69)43-33-29-41(30-34-43)47-37-53-66-50(40-52-46-18-6-16-28-64(46)73-67(52)53)48(38-54-65(66)49(47)39-51-45-17-5-15-27-63(45)74-68(51)54)42-31-35-44(36-32-42)72-61-25-13-9-21-57(61)70(3,4)58-22-10-14-26-62(58)72/h5-40H,1-4H3. The molecule has 74 heavy (non-hydrogen) atoms. The van der Waals surface area contributed by atoms with E-state index in [2.05, 4.69) is 256 Å². The van der Waals surface area contributed by atoms with Gasteiger partial charge in [-0.25, -0.2) is 0 Å². The van der Waals surface area contributed by atoms with Crippen LogP contribution < -0.4 is 9.80 Å². The Bertz CT molecular complexity index is 4270. The average Bonchev–Trinajstić information content (AvgIpc) is 4.02. The fourth-order valence-corrected chi connectivity index (χ4v) is 13.4. The highest BCUT2D eigenvalue weighted by molar-refractivity contribution is 6.38. The molecule has 2 aromatic heterocycles. The van der Waals surface area contributed by atoms with Crippen LogP contribution in [-0.4, -0.2) is 0 Å². The van der Waals surface area contributed by atoms with E-state index in [4.69, 9.17) is 8.83 Å². The van der Waals surface area contributed by atoms with Crippen LogP contribution in [0, 0.1) is 0 Å². The maximum absolute atomic E-state index is 6.98. The van der Waals surface area contributed by atoms with Gasteiger partial charge in [-0.1, -0.05) is 161 Å². The van der Waals surface area contributed by atoms with Gasteiger partial charge >= 0.3 is 0 Å². The zero-order valence-electron chi connectivity index (χ0n) is 41.5. The van der Waals surface area contributed by atoms with Gasteiger partial charge in [0.25, 0.3) is 0 Å². The molecule has 12 aromatic carbocycles. The van der Waals surface area contributed by atoms with Gasteiger partial charge in [-0.05, 0) is 140 Å². The van der Waals surface area contributed by atoms with Gasteiger partial charge in [-0.3, -0.25) is 0 Å². The van der Waals surface area contributed by atoms with Gasteiger partial charge in [0.05, 0.1) is 22.7 Å². The van der Waals surface area contributed by atoms with Crippen molar-refractivity contribution in [3.05, 3.63) is 241 Å². The maximum atomic E-state index is 6.98. The molecule has 0 spiro atoms. The minimum atomic E-state index is -0.137. The van der Waals surface area contributed by atoms with Crippen molar-refractivity contribution in [2.24, 2.45) is 0 Å². The van der Waals surface area contributed by atoms with Gasteiger partial charge in [-0.15, -0.1) is 0 Å². The Morgan fingerprint density at radius 3 is 0.986 bits per heavy atom. The van der Waals surface area contributed by atoms with E-state index in [1.807, 2.05) is 0 Å². The van der Waals surface area contributed by atoms with E-state index in [9.17, 15) is 0 Å². The largest absolute Gasteiger partial charge is 0.455 e. The van der Waals surface area contributed by atoms with E-state index in [0.717, 1.165) is 88.3 Å². The SMILES string of the molecule is CC1(C)c2ccccc2N(c2ccc(-c3cc4c5oc6ccccc6c5cc5c(-c6ccc(N7c8ccccc8C(C)(C)c8ccccc87)cc6)cc6c7oc8ccccc8c7cc3c6c54)cc2)c2ccccc21. The highest BCUT2D eigenvalue weighted by atomic mass is 16.3. The lowest BCUT2D eigenvalue weighted by molar-refractivity contribution is 0.632. The normalized spacial score (nSPS) is 14.6. The van der Waals surface area contributed by atoms with Crippen molar-refractivity contribution in [2.45, 2.75) is 38.5 Å². The summed E-state index contributed by atoms with van der Waals surface area (Å²) in [5, 5.41) is 11.3. The van der Waals surface area contributed by atoms with E-state index in [0.29, 0.717) is 0 Å². The minimum Gasteiger partial charge on any atom is -0.455 e. The number of para-hydroxylation sites is 6. The second kappa shape index (κ2) is 14.7. The molecule has 350 valence electrons. The number of anilines is 6. The molecule has 0 amide bonds. The molecule has 2 aliphatic heterocycles. The molecule has 0 bridgehead atoms. The van der Waals surface area contributed by atoms with Gasteiger partial charge in [0.2, 0.25) is 0 Å². The van der Waals surface area contributed by atoms with Gasteiger partial charge in [0, 0.05) is 65.3 Å². The average molecular weight is 949 g/mol. The first kappa shape index (κ1) is 41.5. The van der Waals surface area contributed by atoms with Gasteiger partial charge in [0.1, 0.15) is 22.3 Å². The number of hydrogen-bond acceptors (Lipinski definition) is 4. The molecule has 0 N–H and O–H groups in total. The van der Waals surface area contributed by atoms with Crippen LogP contribution in [0.4, 0.5) is 34.1 Å². The summed E-state index contributed by atoms with van der Waals surface area (Å²) >= 11 is 0. The number of benzene rings is 12. The minimum absolute atomic E-state index is 0.137. The van der Waals surface area contributed by atoms with Crippen LogP contribution >= 0.6 is 0 Å². The summed E-state index contributed by atoms with van der Waals surface area (Å²) < 4.78 is 14.0. The van der Waals surface area contributed by atoms with Crippen LogP contribution in [0.1, 0.15) is 49.9 Å². The lowest BCUT2D eigenvalue weighted by Crippen LogP contribution is -2.30. The summed E-state index contributed by atoms with van der Waals surface area (Å²) in [4.78, 5) is 4.87. The van der Waals surface area contributed by atoms with Crippen LogP contribution in [0.2, 0.25) is 0 Å². The highest BCUT2D eigenvalue weighted by Crippen LogP contribution is 2.55. The highest BCUT2D eigenvalue weighted by Gasteiger charge is 2.38. The van der Waals surface area contributed by atoms with Gasteiger partial charge in [0.15, 0.2) is 0 Å². The quantitative estimate of drug-likeness (QED) is 0.165. The maximum Gasteiger partial charge on any atom is 0.143 e. The third-order valence-corrected chi connectivity index (χ3v) is 17.0. The first-order valence-corrected chi connectivity index (χ1v) is 25.8. The van der Waals surface area contributed by atoms with E-state index >= 15 is 0 Å². The van der Waals surface area contributed by atoms with Gasteiger partial charge in [-0.2, -0.15) is 0 Å². The fraction of sp³-hybridized carbons (Fsp3) is 0.0857. The summed E-state index contributed by atoms with van der Waals surface area (Å²) in [6.07, 6.45) is 0. The fourth-order valence-electron chi connectivity index (χ4n) is 13.4. The van der Waals surface area contributed by atoms with E-state index < -0.39 is 0 Å². The third kappa shape index (κ3) is 5.52. The molecule has 0 fully saturated rings. The Morgan fingerprint density at radius 1 is 0.297 bits per heavy atom. The first-order valence-electron chi connectivity index (χ1n) is 25.8. The Kier molecular flexibility index (Phi) is 8.27. The predicted molar refractivity (Wildman–Crippen MR) is 309 cm³/mol. The zero-order chi connectivity index (χ0) is 49.2. The molecule has 0 unspecified atom stereocenters. The second-order valence-corrected chi connectivity index (χ2v) is 21.6. The summed E-state index contributed by atoms with van der Waals surface area (Å²) in [7, 11) is 0. The van der Waals surface area contributed by atoms with Crippen molar-refractivity contribution < 1.29 is 8.83 Å². The molecule has 0 radical (unpaired) electrons. The van der Waals surface area contributed by atoms with Gasteiger partial charge < -0.3 is 18.6 Å². The van der Waals surface area contributed by atoms with Crippen molar-refractivity contribution in [2.75, 3.05) is 9.80 Å². The van der Waals surface area contributed by atoms with Crippen LogP contribution in [0.5, 0.6) is 0 Å². The summed E-state index contributed by atoms with van der Waals surface area (Å²) in [6.45, 7) is 9.36. The van der Waals surface area contributed by atoms with Crippen LogP contribution in [0.25, 0.3) is 98.4 Å². The summed E-state index contributed by atoms with van der Waals surface area (Å²) in [6, 6.07) is 80.4. The second-order valence-electron chi connectivity index (χ2n) is 21.6. The van der Waals surface area contributed by atoms with Crippen LogP contribution in [0.3, 0.4) is 0 Å². The monoisotopic (exact) mass is 948 g/mol. The number of hydrogen-bond donors (Lipinski definition) is 0. The Labute approximate surface area is 428 Å². The molecule has 4 heteroatoms. The summed E-state index contributed by atoms with van der Waals surface area (Å²) in [5.41, 5.74) is 20.2. The van der Waals surface area contributed by atoms with Crippen molar-refractivity contribution >= 4 is 110 Å². The molecular formula is C70H48N2O2. The van der Waals surface area contributed by atoms with Crippen LogP contribution in [-0.2, 0) is 10.8 Å². The number of nitrogens with zero attached hydrogens (tertiary/aromatic N) is 2. The topological polar surface area (TPSA) is 32.8 Å². The Balaban J connectivity index is 0.945. The molecule has 0 aliphatic carbocycles. The van der Waals surface area contributed by atoms with E-state index in [1.54, 1.807) is 0 Å². The van der Waals surface area contributed by atoms with Crippen molar-refractivity contribution in [1.82, 2.24) is 0 Å².